The summed E-state index contributed by atoms with van der Waals surface area (Å²) in [6.45, 7) is 1.53. The van der Waals surface area contributed by atoms with Crippen LogP contribution in [0.3, 0.4) is 0 Å². The number of ether oxygens (including phenoxy) is 1. The summed E-state index contributed by atoms with van der Waals surface area (Å²) in [5.74, 6) is -0.589. The normalized spacial score (nSPS) is 15.8. The molecule has 1 amide bonds. The number of amides is 1. The SMILES string of the molecule is COc1ccc(Cl)cc1S(=O)(=O)N1CC[NH+](CC(=O)Nc2ccccc2F)CC1. The summed E-state index contributed by atoms with van der Waals surface area (Å²) in [6, 6.07) is 10.4. The minimum atomic E-state index is -3.77. The fraction of sp³-hybridized carbons (Fsp3) is 0.316. The first kappa shape index (κ1) is 21.5. The smallest absolute Gasteiger partial charge is 0.279 e. The van der Waals surface area contributed by atoms with Crippen molar-refractivity contribution in [3.63, 3.8) is 0 Å². The number of benzene rings is 2. The van der Waals surface area contributed by atoms with Gasteiger partial charge < -0.3 is 15.0 Å². The third-order valence-corrected chi connectivity index (χ3v) is 6.89. The van der Waals surface area contributed by atoms with E-state index in [1.165, 1.54) is 35.7 Å². The zero-order valence-electron chi connectivity index (χ0n) is 15.8. The van der Waals surface area contributed by atoms with Crippen LogP contribution >= 0.6 is 11.6 Å². The number of anilines is 1. The molecule has 0 spiro atoms. The Labute approximate surface area is 174 Å². The first-order chi connectivity index (χ1) is 13.8. The maximum Gasteiger partial charge on any atom is 0.279 e. The minimum Gasteiger partial charge on any atom is -0.495 e. The lowest BCUT2D eigenvalue weighted by atomic mass is 10.3. The standard InChI is InChI=1S/C19H21ClFN3O4S/c1-28-17-7-6-14(20)12-18(17)29(26,27)24-10-8-23(9-11-24)13-19(25)22-16-5-3-2-4-15(16)21/h2-7,12H,8-11,13H2,1H3,(H,22,25)/p+1. The zero-order valence-corrected chi connectivity index (χ0v) is 17.4. The molecule has 2 aromatic rings. The molecule has 0 radical (unpaired) electrons. The van der Waals surface area contributed by atoms with E-state index in [0.29, 0.717) is 18.1 Å². The van der Waals surface area contributed by atoms with Crippen molar-refractivity contribution < 1.29 is 27.2 Å². The molecule has 0 bridgehead atoms. The van der Waals surface area contributed by atoms with Crippen LogP contribution in [0.1, 0.15) is 0 Å². The number of piperazine rings is 1. The molecule has 7 nitrogen and oxygen atoms in total. The van der Waals surface area contributed by atoms with Gasteiger partial charge in [-0.1, -0.05) is 23.7 Å². The summed E-state index contributed by atoms with van der Waals surface area (Å²) in [6.07, 6.45) is 0. The molecule has 1 aliphatic heterocycles. The number of halogens is 2. The maximum absolute atomic E-state index is 13.6. The van der Waals surface area contributed by atoms with E-state index in [4.69, 9.17) is 16.3 Å². The van der Waals surface area contributed by atoms with Crippen LogP contribution in [0, 0.1) is 5.82 Å². The predicted molar refractivity (Wildman–Crippen MR) is 107 cm³/mol. The van der Waals surface area contributed by atoms with E-state index in [2.05, 4.69) is 5.32 Å². The highest BCUT2D eigenvalue weighted by Gasteiger charge is 2.33. The molecular weight excluding hydrogens is 421 g/mol. The van der Waals surface area contributed by atoms with Gasteiger partial charge in [0.25, 0.3) is 5.91 Å². The molecule has 1 heterocycles. The Morgan fingerprint density at radius 1 is 1.24 bits per heavy atom. The molecule has 0 aliphatic carbocycles. The average molecular weight is 443 g/mol. The molecular formula is C19H22ClFN3O4S+. The zero-order chi connectivity index (χ0) is 21.0. The number of methoxy groups -OCH3 is 1. The van der Waals surface area contributed by atoms with Gasteiger partial charge in [0.1, 0.15) is 16.5 Å². The topological polar surface area (TPSA) is 80.2 Å². The van der Waals surface area contributed by atoms with Gasteiger partial charge in [-0.2, -0.15) is 4.31 Å². The van der Waals surface area contributed by atoms with E-state index in [9.17, 15) is 17.6 Å². The Morgan fingerprint density at radius 3 is 2.59 bits per heavy atom. The van der Waals surface area contributed by atoms with Crippen LogP contribution in [0.5, 0.6) is 5.75 Å². The Hall–Kier alpha value is -2.20. The summed E-state index contributed by atoms with van der Waals surface area (Å²) in [7, 11) is -2.37. The number of hydrogen-bond donors (Lipinski definition) is 2. The number of rotatable bonds is 6. The van der Waals surface area contributed by atoms with Crippen LogP contribution in [-0.4, -0.2) is 58.5 Å². The molecule has 0 aromatic heterocycles. The number of carbonyl (C=O) groups excluding carboxylic acids is 1. The van der Waals surface area contributed by atoms with Gasteiger partial charge in [0.15, 0.2) is 6.54 Å². The first-order valence-electron chi connectivity index (χ1n) is 9.03. The second-order valence-electron chi connectivity index (χ2n) is 6.65. The van der Waals surface area contributed by atoms with Crippen LogP contribution in [0.25, 0.3) is 0 Å². The number of carbonyl (C=O) groups is 1. The molecule has 1 fully saturated rings. The molecule has 156 valence electrons. The van der Waals surface area contributed by atoms with Gasteiger partial charge >= 0.3 is 0 Å². The Kier molecular flexibility index (Phi) is 6.74. The molecule has 0 atom stereocenters. The number of sulfonamides is 1. The van der Waals surface area contributed by atoms with Crippen LogP contribution in [0.15, 0.2) is 47.4 Å². The van der Waals surface area contributed by atoms with Crippen molar-refractivity contribution in [2.24, 2.45) is 0 Å². The monoisotopic (exact) mass is 442 g/mol. The van der Waals surface area contributed by atoms with Gasteiger partial charge in [0.2, 0.25) is 10.0 Å². The lowest BCUT2D eigenvalue weighted by molar-refractivity contribution is -0.895. The molecule has 0 saturated carbocycles. The Morgan fingerprint density at radius 2 is 1.93 bits per heavy atom. The number of nitrogens with zero attached hydrogens (tertiary/aromatic N) is 1. The predicted octanol–water partition coefficient (Wildman–Crippen LogP) is 1.02. The molecule has 2 N–H and O–H groups in total. The maximum atomic E-state index is 13.6. The van der Waals surface area contributed by atoms with Crippen molar-refractivity contribution in [2.75, 3.05) is 45.2 Å². The van der Waals surface area contributed by atoms with E-state index < -0.39 is 15.8 Å². The van der Waals surface area contributed by atoms with Crippen LogP contribution in [-0.2, 0) is 14.8 Å². The summed E-state index contributed by atoms with van der Waals surface area (Å²) >= 11 is 5.96. The molecule has 29 heavy (non-hydrogen) atoms. The lowest BCUT2D eigenvalue weighted by Gasteiger charge is -2.31. The van der Waals surface area contributed by atoms with E-state index in [0.717, 1.165) is 4.90 Å². The van der Waals surface area contributed by atoms with Crippen molar-refractivity contribution in [2.45, 2.75) is 4.90 Å². The fourth-order valence-corrected chi connectivity index (χ4v) is 5.05. The Balaban J connectivity index is 1.61. The summed E-state index contributed by atoms with van der Waals surface area (Å²) in [5.41, 5.74) is 0.131. The van der Waals surface area contributed by atoms with Crippen molar-refractivity contribution in [3.8, 4) is 5.75 Å². The van der Waals surface area contributed by atoms with Gasteiger partial charge in [-0.05, 0) is 30.3 Å². The Bertz CT molecular complexity index is 995. The van der Waals surface area contributed by atoms with Crippen LogP contribution < -0.4 is 15.0 Å². The summed E-state index contributed by atoms with van der Waals surface area (Å²) < 4.78 is 46.1. The second kappa shape index (κ2) is 9.08. The van der Waals surface area contributed by atoms with Gasteiger partial charge in [-0.3, -0.25) is 4.79 Å². The summed E-state index contributed by atoms with van der Waals surface area (Å²) in [5, 5.41) is 2.85. The van der Waals surface area contributed by atoms with Crippen LogP contribution in [0.2, 0.25) is 5.02 Å². The van der Waals surface area contributed by atoms with Crippen molar-refractivity contribution >= 4 is 33.2 Å². The quantitative estimate of drug-likeness (QED) is 0.700. The minimum absolute atomic E-state index is 0.0215. The number of quaternary nitrogens is 1. The molecule has 0 unspecified atom stereocenters. The fourth-order valence-electron chi connectivity index (χ4n) is 3.19. The highest BCUT2D eigenvalue weighted by molar-refractivity contribution is 7.89. The first-order valence-corrected chi connectivity index (χ1v) is 10.8. The van der Waals surface area contributed by atoms with Crippen molar-refractivity contribution in [1.29, 1.82) is 0 Å². The van der Waals surface area contributed by atoms with Gasteiger partial charge in [-0.25, -0.2) is 12.8 Å². The molecule has 1 saturated heterocycles. The molecule has 2 aromatic carbocycles. The highest BCUT2D eigenvalue weighted by atomic mass is 35.5. The molecule has 10 heteroatoms. The van der Waals surface area contributed by atoms with E-state index in [-0.39, 0.29) is 41.9 Å². The third kappa shape index (κ3) is 5.05. The van der Waals surface area contributed by atoms with Crippen molar-refractivity contribution in [1.82, 2.24) is 4.31 Å². The lowest BCUT2D eigenvalue weighted by Crippen LogP contribution is -3.15. The largest absolute Gasteiger partial charge is 0.495 e. The summed E-state index contributed by atoms with van der Waals surface area (Å²) in [4.78, 5) is 13.1. The van der Waals surface area contributed by atoms with Crippen molar-refractivity contribution in [3.05, 3.63) is 53.3 Å². The average Bonchev–Trinajstić information content (AvgIpc) is 2.70. The highest BCUT2D eigenvalue weighted by Crippen LogP contribution is 2.29. The number of hydrogen-bond acceptors (Lipinski definition) is 4. The van der Waals surface area contributed by atoms with E-state index >= 15 is 0 Å². The number of nitrogens with one attached hydrogen (secondary N) is 2. The third-order valence-electron chi connectivity index (χ3n) is 4.73. The van der Waals surface area contributed by atoms with Gasteiger partial charge in [0, 0.05) is 5.02 Å². The number of para-hydroxylation sites is 1. The second-order valence-corrected chi connectivity index (χ2v) is 9.00. The van der Waals surface area contributed by atoms with E-state index in [1.807, 2.05) is 0 Å². The van der Waals surface area contributed by atoms with Crippen LogP contribution in [0.4, 0.5) is 10.1 Å². The molecule has 3 rings (SSSR count). The van der Waals surface area contributed by atoms with Gasteiger partial charge in [0.05, 0.1) is 39.0 Å². The van der Waals surface area contributed by atoms with E-state index in [1.54, 1.807) is 18.2 Å². The molecule has 1 aliphatic rings. The van der Waals surface area contributed by atoms with Gasteiger partial charge in [-0.15, -0.1) is 0 Å².